The Hall–Kier alpha value is -11.8. The highest BCUT2D eigenvalue weighted by Crippen LogP contribution is 2.26. The average Bonchev–Trinajstić information content (AvgIpc) is 1.93. The lowest BCUT2D eigenvalue weighted by Crippen LogP contribution is -2.05. The summed E-state index contributed by atoms with van der Waals surface area (Å²) < 4.78 is 35.2. The third-order valence-corrected chi connectivity index (χ3v) is 14.1. The number of carboxylic acids is 1. The number of carbonyl (C=O) groups is 2. The van der Waals surface area contributed by atoms with Crippen LogP contribution in [0.5, 0.6) is 34.5 Å². The molecule has 0 saturated carbocycles. The van der Waals surface area contributed by atoms with E-state index < -0.39 is 5.97 Å². The van der Waals surface area contributed by atoms with Crippen LogP contribution in [-0.4, -0.2) is 52.4 Å². The molecule has 4 aromatic heterocycles. The van der Waals surface area contributed by atoms with E-state index in [1.165, 1.54) is 0 Å². The van der Waals surface area contributed by atoms with Crippen LogP contribution in [0.4, 0.5) is 0 Å². The number of carboxylic acid groups (broad SMARTS) is 1. The van der Waals surface area contributed by atoms with Gasteiger partial charge in [-0.3, -0.25) is 9.59 Å². The molecule has 13 aromatic rings. The Bertz CT molecular complexity index is 4510. The van der Waals surface area contributed by atoms with Gasteiger partial charge in [0.2, 0.25) is 5.82 Å². The molecule has 9 aromatic carbocycles. The van der Waals surface area contributed by atoms with Gasteiger partial charge >= 0.3 is 5.97 Å². The van der Waals surface area contributed by atoms with Crippen molar-refractivity contribution in [1.82, 2.24) is 35.6 Å². The second kappa shape index (κ2) is 33.7. The fraction of sp³-hybridized carbons (Fsp3) is 0.143. The Morgan fingerprint density at radius 2 is 0.796 bits per heavy atom. The van der Waals surface area contributed by atoms with Crippen LogP contribution in [0.3, 0.4) is 0 Å². The Morgan fingerprint density at radius 3 is 1.27 bits per heavy atom. The standard InChI is InChI=1S/C25H21NO4.C25H21NO3.C24H19N5O2.3CH4/c27-25(28)15-19-6-1-2-7-20(19)16-29-22-11-13-23(14-12-22)30-17-21-10-9-18-5-3-4-8-24(18)26-21;1-18(27)21-8-4-6-19(14-21)16-28-23-9-5-10-24(15-23)29-17-22-13-12-20-7-2-3-11-25(20)26-22;1-2-7-23-18(5-1)8-9-20(25-23)16-31-22-12-10-21(11-13-22)30-15-17-4-3-6-19(14-17)24-26-28-29-27-24;;;/h1-14H,15-17H2,(H,27,28);2-15H,16-17H2,1H3;1-14H,15-16H2,(H,26,27,28,29);3*1H4. The number of aliphatic carboxylic acids is 1. The van der Waals surface area contributed by atoms with Crippen LogP contribution in [0.2, 0.25) is 0 Å². The number of rotatable bonds is 22. The van der Waals surface area contributed by atoms with Crippen molar-refractivity contribution in [3.05, 3.63) is 300 Å². The van der Waals surface area contributed by atoms with Crippen LogP contribution in [0.25, 0.3) is 44.1 Å². The van der Waals surface area contributed by atoms with Crippen molar-refractivity contribution in [2.45, 2.75) is 75.3 Å². The van der Waals surface area contributed by atoms with Crippen molar-refractivity contribution in [2.75, 3.05) is 0 Å². The fourth-order valence-corrected chi connectivity index (χ4v) is 9.45. The maximum absolute atomic E-state index is 11.5. The summed E-state index contributed by atoms with van der Waals surface area (Å²) in [4.78, 5) is 36.4. The monoisotopic (exact) mass is 1240 g/mol. The van der Waals surface area contributed by atoms with Crippen LogP contribution in [0.15, 0.2) is 255 Å². The number of nitrogens with zero attached hydrogens (tertiary/aromatic N) is 6. The van der Waals surface area contributed by atoms with Gasteiger partial charge in [-0.15, -0.1) is 10.2 Å². The number of aromatic amines is 1. The molecule has 0 saturated heterocycles. The normalized spacial score (nSPS) is 10.4. The molecule has 470 valence electrons. The minimum absolute atomic E-state index is 0. The summed E-state index contributed by atoms with van der Waals surface area (Å²) in [5.74, 6) is 4.12. The molecule has 0 amide bonds. The number of para-hydroxylation sites is 3. The molecule has 2 N–H and O–H groups in total. The van der Waals surface area contributed by atoms with Gasteiger partial charge in [0.15, 0.2) is 5.78 Å². The first-order chi connectivity index (χ1) is 44.2. The number of benzene rings is 9. The van der Waals surface area contributed by atoms with Crippen LogP contribution in [-0.2, 0) is 50.9 Å². The lowest BCUT2D eigenvalue weighted by Gasteiger charge is -2.11. The molecule has 0 fully saturated rings. The Kier molecular flexibility index (Phi) is 24.3. The first-order valence-corrected chi connectivity index (χ1v) is 29.0. The molecule has 0 aliphatic heterocycles. The van der Waals surface area contributed by atoms with E-state index in [0.29, 0.717) is 62.5 Å². The van der Waals surface area contributed by atoms with Gasteiger partial charge in [-0.25, -0.2) is 15.0 Å². The molecule has 0 aliphatic rings. The van der Waals surface area contributed by atoms with Gasteiger partial charge < -0.3 is 33.5 Å². The van der Waals surface area contributed by atoms with E-state index in [4.69, 9.17) is 33.5 Å². The van der Waals surface area contributed by atoms with Crippen molar-refractivity contribution >= 4 is 44.5 Å². The van der Waals surface area contributed by atoms with Crippen LogP contribution < -0.4 is 28.4 Å². The number of carbonyl (C=O) groups excluding carboxylic acids is 1. The van der Waals surface area contributed by atoms with E-state index in [1.54, 1.807) is 13.0 Å². The second-order valence-electron chi connectivity index (χ2n) is 20.7. The van der Waals surface area contributed by atoms with Crippen LogP contribution in [0, 0.1) is 0 Å². The molecular formula is C77H73N7O9. The zero-order chi connectivity index (χ0) is 61.7. The number of ether oxygens (including phenoxy) is 6. The summed E-state index contributed by atoms with van der Waals surface area (Å²) in [7, 11) is 0. The third-order valence-electron chi connectivity index (χ3n) is 14.1. The molecule has 4 heterocycles. The van der Waals surface area contributed by atoms with Crippen LogP contribution in [0.1, 0.15) is 78.9 Å². The molecule has 0 aliphatic carbocycles. The highest BCUT2D eigenvalue weighted by molar-refractivity contribution is 5.94. The van der Waals surface area contributed by atoms with Gasteiger partial charge in [0.25, 0.3) is 0 Å². The number of hydrogen-bond donors (Lipinski definition) is 2. The fourth-order valence-electron chi connectivity index (χ4n) is 9.45. The predicted molar refractivity (Wildman–Crippen MR) is 365 cm³/mol. The lowest BCUT2D eigenvalue weighted by molar-refractivity contribution is -0.136. The van der Waals surface area contributed by atoms with Crippen molar-refractivity contribution in [3.8, 4) is 45.9 Å². The largest absolute Gasteiger partial charge is 0.489 e. The smallest absolute Gasteiger partial charge is 0.307 e. The van der Waals surface area contributed by atoms with Gasteiger partial charge in [0, 0.05) is 33.4 Å². The molecule has 0 bridgehead atoms. The molecule has 93 heavy (non-hydrogen) atoms. The molecular weight excluding hydrogens is 1170 g/mol. The van der Waals surface area contributed by atoms with Gasteiger partial charge in [-0.05, 0) is 144 Å². The second-order valence-corrected chi connectivity index (χ2v) is 20.7. The van der Waals surface area contributed by atoms with Gasteiger partial charge in [-0.1, -0.05) is 162 Å². The van der Waals surface area contributed by atoms with Gasteiger partial charge in [-0.2, -0.15) is 5.21 Å². The zero-order valence-corrected chi connectivity index (χ0v) is 49.1. The minimum Gasteiger partial charge on any atom is -0.489 e. The number of fused-ring (bicyclic) bond motifs is 3. The molecule has 16 heteroatoms. The van der Waals surface area contributed by atoms with Crippen LogP contribution >= 0.6 is 0 Å². The number of tetrazole rings is 1. The van der Waals surface area contributed by atoms with Crippen molar-refractivity contribution < 1.29 is 43.1 Å². The number of pyridine rings is 3. The maximum atomic E-state index is 11.5. The zero-order valence-electron chi connectivity index (χ0n) is 49.1. The third kappa shape index (κ3) is 19.6. The first-order valence-electron chi connectivity index (χ1n) is 29.0. The van der Waals surface area contributed by atoms with Gasteiger partial charge in [0.1, 0.15) is 74.1 Å². The summed E-state index contributed by atoms with van der Waals surface area (Å²) in [5, 5.41) is 26.4. The molecule has 13 rings (SSSR count). The summed E-state index contributed by atoms with van der Waals surface area (Å²) in [5.41, 5.74) is 10.7. The van der Waals surface area contributed by atoms with Crippen molar-refractivity contribution in [3.63, 3.8) is 0 Å². The molecule has 0 unspecified atom stereocenters. The highest BCUT2D eigenvalue weighted by atomic mass is 16.5. The molecule has 0 atom stereocenters. The molecule has 0 spiro atoms. The first kappa shape index (κ1) is 67.2. The summed E-state index contributed by atoms with van der Waals surface area (Å²) in [6.07, 6.45) is -0.0187. The number of aromatic nitrogens is 7. The van der Waals surface area contributed by atoms with E-state index in [-0.39, 0.29) is 34.5 Å². The number of nitrogens with one attached hydrogen (secondary N) is 1. The topological polar surface area (TPSA) is 203 Å². The number of H-pyrrole nitrogens is 1. The minimum atomic E-state index is -0.857. The van der Waals surface area contributed by atoms with E-state index >= 15 is 0 Å². The predicted octanol–water partition coefficient (Wildman–Crippen LogP) is 17.1. The molecule has 16 nitrogen and oxygen atoms in total. The van der Waals surface area contributed by atoms with Crippen molar-refractivity contribution in [2.24, 2.45) is 0 Å². The number of Topliss-reactive ketones (excluding diaryl/α,β-unsaturated/α-hetero) is 1. The number of hydrogen-bond acceptors (Lipinski definition) is 14. The maximum Gasteiger partial charge on any atom is 0.307 e. The molecule has 0 radical (unpaired) electrons. The Morgan fingerprint density at radius 1 is 0.387 bits per heavy atom. The highest BCUT2D eigenvalue weighted by Gasteiger charge is 2.10. The van der Waals surface area contributed by atoms with Crippen molar-refractivity contribution in [1.29, 1.82) is 0 Å². The quantitative estimate of drug-likeness (QED) is 0.0606. The Balaban J connectivity index is 0.000000176. The van der Waals surface area contributed by atoms with E-state index in [2.05, 4.69) is 47.7 Å². The van der Waals surface area contributed by atoms with E-state index in [0.717, 1.165) is 101 Å². The SMILES string of the molecule is C.C.C.CC(=O)c1cccc(COc2cccc(OCc3ccc4ccccc4n3)c2)c1.O=C(O)Cc1ccccc1COc1ccc(OCc2ccc3ccccc3n2)cc1.c1cc(COc2ccc(OCc3ccc4ccccc4n3)cc2)cc(-c2nn[nH]n2)c1. The number of ketones is 1. The summed E-state index contributed by atoms with van der Waals surface area (Å²) in [6.45, 7) is 3.87. The Labute approximate surface area is 541 Å². The lowest BCUT2D eigenvalue weighted by atomic mass is 10.1. The summed E-state index contributed by atoms with van der Waals surface area (Å²) >= 11 is 0. The summed E-state index contributed by atoms with van der Waals surface area (Å²) in [6, 6.07) is 81.3. The van der Waals surface area contributed by atoms with E-state index in [1.807, 2.05) is 237 Å². The van der Waals surface area contributed by atoms with E-state index in [9.17, 15) is 9.59 Å². The average molecular weight is 1240 g/mol. The van der Waals surface area contributed by atoms with Gasteiger partial charge in [0.05, 0.1) is 40.1 Å².